The predicted molar refractivity (Wildman–Crippen MR) is 223 cm³/mol. The summed E-state index contributed by atoms with van der Waals surface area (Å²) in [6.45, 7) is 4.39. The Bertz CT molecular complexity index is 2770. The van der Waals surface area contributed by atoms with Gasteiger partial charge in [0.2, 0.25) is 0 Å². The summed E-state index contributed by atoms with van der Waals surface area (Å²) < 4.78 is 6.58. The lowest BCUT2D eigenvalue weighted by molar-refractivity contribution is 0.669. The summed E-state index contributed by atoms with van der Waals surface area (Å²) in [5.74, 6) is 1.79. The van der Waals surface area contributed by atoms with Gasteiger partial charge in [0.05, 0.1) is 0 Å². The second kappa shape index (κ2) is 14.5. The maximum Gasteiger partial charge on any atom is 0.164 e. The first-order valence-corrected chi connectivity index (χ1v) is 18.1. The van der Waals surface area contributed by atoms with Crippen molar-refractivity contribution < 1.29 is 4.42 Å². The van der Waals surface area contributed by atoms with E-state index in [1.54, 1.807) is 0 Å². The number of nitrogens with zero attached hydrogens (tertiary/aromatic N) is 3. The van der Waals surface area contributed by atoms with Crippen molar-refractivity contribution in [3.8, 4) is 45.3 Å². The minimum Gasteiger partial charge on any atom is -0.456 e. The van der Waals surface area contributed by atoms with E-state index in [1.165, 1.54) is 0 Å². The van der Waals surface area contributed by atoms with Crippen LogP contribution < -0.4 is 0 Å². The zero-order valence-corrected chi connectivity index (χ0v) is 29.6. The summed E-state index contributed by atoms with van der Waals surface area (Å²) in [6, 6.07) is 51.8. The summed E-state index contributed by atoms with van der Waals surface area (Å²) in [5.41, 5.74) is 11.9. The van der Waals surface area contributed by atoms with Crippen molar-refractivity contribution >= 4 is 33.1 Å². The molecule has 54 heavy (non-hydrogen) atoms. The molecule has 0 fully saturated rings. The van der Waals surface area contributed by atoms with Crippen LogP contribution in [0.1, 0.15) is 17.5 Å². The van der Waals surface area contributed by atoms with Gasteiger partial charge in [-0.2, -0.15) is 0 Å². The Hall–Kier alpha value is -7.17. The van der Waals surface area contributed by atoms with Gasteiger partial charge in [0, 0.05) is 27.5 Å². The molecule has 0 unspecified atom stereocenters. The second-order valence-electron chi connectivity index (χ2n) is 13.3. The maximum absolute atomic E-state index is 6.58. The van der Waals surface area contributed by atoms with Gasteiger partial charge in [0.15, 0.2) is 17.5 Å². The highest BCUT2D eigenvalue weighted by molar-refractivity contribution is 6.12. The molecule has 0 aliphatic heterocycles. The van der Waals surface area contributed by atoms with Gasteiger partial charge in [-0.05, 0) is 63.6 Å². The van der Waals surface area contributed by atoms with E-state index in [9.17, 15) is 0 Å². The fraction of sp³-hybridized carbons (Fsp3) is 0.0200. The standard InChI is InChI=1S/C50H35N3O/c1-34-16-6-2-7-19-36(30-31-42(34)38-20-10-4-11-21-38)41-32-44(47-43-24-14-15-25-45(43)54-46(47)33-41)50-52-48(39-22-12-5-13-23-39)51-49(53-50)40-28-26-37(27-29-40)35-17-8-3-9-18-35/h2-18,20-33H,1,19H2/b7-2-,16-6-,36-30+,42-31?. The lowest BCUT2D eigenvalue weighted by atomic mass is 9.93. The van der Waals surface area contributed by atoms with Crippen molar-refractivity contribution in [3.05, 3.63) is 211 Å². The van der Waals surface area contributed by atoms with Gasteiger partial charge in [-0.25, -0.2) is 15.0 Å². The molecule has 4 nitrogen and oxygen atoms in total. The van der Waals surface area contributed by atoms with E-state index in [-0.39, 0.29) is 0 Å². The smallest absolute Gasteiger partial charge is 0.164 e. The van der Waals surface area contributed by atoms with Crippen molar-refractivity contribution in [2.75, 3.05) is 0 Å². The van der Waals surface area contributed by atoms with Crippen LogP contribution in [0.15, 0.2) is 205 Å². The minimum atomic E-state index is 0.581. The highest BCUT2D eigenvalue weighted by Gasteiger charge is 2.20. The zero-order valence-electron chi connectivity index (χ0n) is 29.6. The van der Waals surface area contributed by atoms with Crippen molar-refractivity contribution in [3.63, 3.8) is 0 Å². The molecule has 6 aromatic carbocycles. The molecule has 0 saturated carbocycles. The molecule has 0 atom stereocenters. The Morgan fingerprint density at radius 3 is 1.78 bits per heavy atom. The van der Waals surface area contributed by atoms with E-state index in [0.717, 1.165) is 77.6 Å². The first-order valence-electron chi connectivity index (χ1n) is 18.1. The van der Waals surface area contributed by atoms with Gasteiger partial charge in [-0.1, -0.05) is 176 Å². The van der Waals surface area contributed by atoms with Gasteiger partial charge >= 0.3 is 0 Å². The molecule has 0 N–H and O–H groups in total. The topological polar surface area (TPSA) is 51.8 Å². The third-order valence-electron chi connectivity index (χ3n) is 9.77. The molecule has 0 radical (unpaired) electrons. The predicted octanol–water partition coefficient (Wildman–Crippen LogP) is 13.0. The molecule has 1 aliphatic carbocycles. The van der Waals surface area contributed by atoms with E-state index in [4.69, 9.17) is 19.4 Å². The van der Waals surface area contributed by atoms with Crippen LogP contribution in [0.25, 0.3) is 78.4 Å². The molecule has 0 spiro atoms. The van der Waals surface area contributed by atoms with Crippen molar-refractivity contribution in [2.45, 2.75) is 6.42 Å². The molecule has 9 rings (SSSR count). The highest BCUT2D eigenvalue weighted by atomic mass is 16.3. The van der Waals surface area contributed by atoms with E-state index >= 15 is 0 Å². The lowest BCUT2D eigenvalue weighted by Crippen LogP contribution is -2.01. The largest absolute Gasteiger partial charge is 0.456 e. The molecule has 2 aromatic heterocycles. The highest BCUT2D eigenvalue weighted by Crippen LogP contribution is 2.40. The van der Waals surface area contributed by atoms with Crippen LogP contribution in [0.3, 0.4) is 0 Å². The van der Waals surface area contributed by atoms with Gasteiger partial charge < -0.3 is 4.42 Å². The molecule has 4 heteroatoms. The molecule has 2 heterocycles. The molecule has 0 amide bonds. The van der Waals surface area contributed by atoms with E-state index in [0.29, 0.717) is 23.9 Å². The molecular formula is C50H35N3O. The normalized spacial score (nSPS) is 15.4. The average Bonchev–Trinajstić information content (AvgIpc) is 3.62. The third-order valence-corrected chi connectivity index (χ3v) is 9.77. The fourth-order valence-electron chi connectivity index (χ4n) is 7.01. The molecular weight excluding hydrogens is 659 g/mol. The monoisotopic (exact) mass is 693 g/mol. The van der Waals surface area contributed by atoms with Crippen LogP contribution >= 0.6 is 0 Å². The summed E-state index contributed by atoms with van der Waals surface area (Å²) >= 11 is 0. The quantitative estimate of drug-likeness (QED) is 0.174. The van der Waals surface area contributed by atoms with Crippen LogP contribution in [0, 0.1) is 0 Å². The third kappa shape index (κ3) is 6.53. The first-order chi connectivity index (χ1) is 26.7. The van der Waals surface area contributed by atoms with Gasteiger partial charge in [-0.15, -0.1) is 0 Å². The number of hydrogen-bond donors (Lipinski definition) is 0. The van der Waals surface area contributed by atoms with Gasteiger partial charge in [-0.3, -0.25) is 0 Å². The number of hydrogen-bond acceptors (Lipinski definition) is 4. The van der Waals surface area contributed by atoms with E-state index in [2.05, 4.69) is 134 Å². The second-order valence-corrected chi connectivity index (χ2v) is 13.3. The molecule has 1 aliphatic rings. The summed E-state index contributed by atoms with van der Waals surface area (Å²) in [6.07, 6.45) is 13.5. The van der Waals surface area contributed by atoms with Crippen molar-refractivity contribution in [1.82, 2.24) is 15.0 Å². The number of furan rings is 1. The van der Waals surface area contributed by atoms with Crippen LogP contribution in [0.2, 0.25) is 0 Å². The van der Waals surface area contributed by atoms with Gasteiger partial charge in [0.1, 0.15) is 11.2 Å². The number of fused-ring (bicyclic) bond motifs is 3. The molecule has 256 valence electrons. The van der Waals surface area contributed by atoms with Crippen molar-refractivity contribution in [2.24, 2.45) is 0 Å². The van der Waals surface area contributed by atoms with Crippen molar-refractivity contribution in [1.29, 1.82) is 0 Å². The summed E-state index contributed by atoms with van der Waals surface area (Å²) in [5, 5.41) is 1.98. The van der Waals surface area contributed by atoms with Crippen LogP contribution in [0.5, 0.6) is 0 Å². The Morgan fingerprint density at radius 2 is 1.06 bits per heavy atom. The fourth-order valence-corrected chi connectivity index (χ4v) is 7.01. The molecule has 0 bridgehead atoms. The van der Waals surface area contributed by atoms with E-state index < -0.39 is 0 Å². The molecule has 0 saturated heterocycles. The van der Waals surface area contributed by atoms with Crippen LogP contribution in [-0.2, 0) is 0 Å². The zero-order chi connectivity index (χ0) is 36.3. The Labute approximate surface area is 314 Å². The molecule has 8 aromatic rings. The number of benzene rings is 6. The van der Waals surface area contributed by atoms with Gasteiger partial charge in [0.25, 0.3) is 0 Å². The number of para-hydroxylation sites is 1. The van der Waals surface area contributed by atoms with Crippen LogP contribution in [0.4, 0.5) is 0 Å². The number of aromatic nitrogens is 3. The first kappa shape index (κ1) is 32.7. The summed E-state index contributed by atoms with van der Waals surface area (Å²) in [7, 11) is 0. The number of allylic oxidation sites excluding steroid dienone is 9. The number of rotatable bonds is 6. The Kier molecular flexibility index (Phi) is 8.76. The SMILES string of the molecule is C=C1/C=C\C=C/C/C(c2cc(-c3nc(-c4ccccc4)nc(-c4ccc(-c5ccccc5)cc4)n3)c3c(c2)oc2ccccc23)=C\C=C1c1ccccc1. The van der Waals surface area contributed by atoms with Crippen LogP contribution in [-0.4, -0.2) is 15.0 Å². The Balaban J connectivity index is 1.25. The minimum absolute atomic E-state index is 0.581. The van der Waals surface area contributed by atoms with E-state index in [1.807, 2.05) is 60.7 Å². The Morgan fingerprint density at radius 1 is 0.481 bits per heavy atom. The average molecular weight is 694 g/mol. The summed E-state index contributed by atoms with van der Waals surface area (Å²) in [4.78, 5) is 15.4. The lowest BCUT2D eigenvalue weighted by Gasteiger charge is -2.13. The maximum atomic E-state index is 6.58.